The molecular weight excluding hydrogens is 324 g/mol. The van der Waals surface area contributed by atoms with Crippen molar-refractivity contribution in [3.05, 3.63) is 18.2 Å². The summed E-state index contributed by atoms with van der Waals surface area (Å²) in [5.41, 5.74) is 0.769. The Morgan fingerprint density at radius 3 is 2.60 bits per heavy atom. The molecule has 1 aromatic carbocycles. The van der Waals surface area contributed by atoms with E-state index in [0.29, 0.717) is 37.2 Å². The van der Waals surface area contributed by atoms with E-state index >= 15 is 0 Å². The molecule has 1 aromatic rings. The van der Waals surface area contributed by atoms with Crippen molar-refractivity contribution in [3.63, 3.8) is 0 Å². The minimum Gasteiger partial charge on any atom is -0.493 e. The van der Waals surface area contributed by atoms with Crippen molar-refractivity contribution in [2.24, 2.45) is 4.99 Å². The molecule has 0 aliphatic carbocycles. The van der Waals surface area contributed by atoms with Crippen molar-refractivity contribution in [1.82, 2.24) is 10.2 Å². The number of guanidine groups is 1. The SMILES string of the molecule is CCOc1cc(NC(=NCC(=O)N(C)C)NCCOC)ccc1OC. The maximum absolute atomic E-state index is 11.8. The van der Waals surface area contributed by atoms with Crippen LogP contribution >= 0.6 is 0 Å². The highest BCUT2D eigenvalue weighted by molar-refractivity contribution is 5.95. The normalized spacial score (nSPS) is 11.0. The predicted octanol–water partition coefficient (Wildman–Crippen LogP) is 1.19. The molecule has 8 heteroatoms. The fraction of sp³-hybridized carbons (Fsp3) is 0.529. The van der Waals surface area contributed by atoms with E-state index in [1.807, 2.05) is 25.1 Å². The highest BCUT2D eigenvalue weighted by Crippen LogP contribution is 2.30. The molecular formula is C17H28N4O4. The number of carbonyl (C=O) groups is 1. The van der Waals surface area contributed by atoms with Crippen molar-refractivity contribution in [3.8, 4) is 11.5 Å². The number of nitrogens with zero attached hydrogens (tertiary/aromatic N) is 2. The van der Waals surface area contributed by atoms with Gasteiger partial charge in [-0.1, -0.05) is 0 Å². The van der Waals surface area contributed by atoms with Crippen LogP contribution in [0.4, 0.5) is 5.69 Å². The first-order valence-electron chi connectivity index (χ1n) is 8.07. The lowest BCUT2D eigenvalue weighted by Crippen LogP contribution is -2.35. The number of aliphatic imine (C=N–C) groups is 1. The molecule has 2 N–H and O–H groups in total. The molecule has 8 nitrogen and oxygen atoms in total. The van der Waals surface area contributed by atoms with Crippen LogP contribution in [0.3, 0.4) is 0 Å². The number of amides is 1. The highest BCUT2D eigenvalue weighted by atomic mass is 16.5. The number of benzene rings is 1. The average molecular weight is 352 g/mol. The maximum atomic E-state index is 11.8. The van der Waals surface area contributed by atoms with Gasteiger partial charge in [-0.05, 0) is 19.1 Å². The Kier molecular flexibility index (Phi) is 9.16. The van der Waals surface area contributed by atoms with E-state index in [-0.39, 0.29) is 12.5 Å². The Morgan fingerprint density at radius 2 is 2.00 bits per heavy atom. The Hall–Kier alpha value is -2.48. The lowest BCUT2D eigenvalue weighted by atomic mass is 10.2. The van der Waals surface area contributed by atoms with Gasteiger partial charge in [0.1, 0.15) is 6.54 Å². The molecule has 0 spiro atoms. The van der Waals surface area contributed by atoms with Crippen LogP contribution in [0.2, 0.25) is 0 Å². The second-order valence-electron chi connectivity index (χ2n) is 5.30. The number of likely N-dealkylation sites (N-methyl/N-ethyl adjacent to an activating group) is 1. The van der Waals surface area contributed by atoms with E-state index in [1.165, 1.54) is 4.90 Å². The number of nitrogens with one attached hydrogen (secondary N) is 2. The smallest absolute Gasteiger partial charge is 0.243 e. The largest absolute Gasteiger partial charge is 0.493 e. The van der Waals surface area contributed by atoms with Crippen LogP contribution < -0.4 is 20.1 Å². The van der Waals surface area contributed by atoms with Crippen LogP contribution in [-0.2, 0) is 9.53 Å². The number of anilines is 1. The molecule has 0 bridgehead atoms. The zero-order valence-electron chi connectivity index (χ0n) is 15.6. The van der Waals surface area contributed by atoms with Crippen LogP contribution in [0, 0.1) is 0 Å². The van der Waals surface area contributed by atoms with E-state index in [0.717, 1.165) is 5.69 Å². The third-order valence-corrected chi connectivity index (χ3v) is 3.20. The first kappa shape index (κ1) is 20.6. The Morgan fingerprint density at radius 1 is 1.24 bits per heavy atom. The fourth-order valence-corrected chi connectivity index (χ4v) is 1.86. The fourth-order valence-electron chi connectivity index (χ4n) is 1.86. The van der Waals surface area contributed by atoms with Gasteiger partial charge in [0.05, 0.1) is 20.3 Å². The summed E-state index contributed by atoms with van der Waals surface area (Å²) in [6, 6.07) is 5.48. The van der Waals surface area contributed by atoms with Crippen LogP contribution in [0.5, 0.6) is 11.5 Å². The molecule has 140 valence electrons. The lowest BCUT2D eigenvalue weighted by Gasteiger charge is -2.15. The number of ether oxygens (including phenoxy) is 3. The number of carbonyl (C=O) groups excluding carboxylic acids is 1. The van der Waals surface area contributed by atoms with Crippen molar-refractivity contribution in [2.45, 2.75) is 6.92 Å². The summed E-state index contributed by atoms with van der Waals surface area (Å²) in [4.78, 5) is 17.6. The third kappa shape index (κ3) is 7.30. The zero-order chi connectivity index (χ0) is 18.7. The summed E-state index contributed by atoms with van der Waals surface area (Å²) >= 11 is 0. The minimum atomic E-state index is -0.0856. The number of rotatable bonds is 9. The quantitative estimate of drug-likeness (QED) is 0.394. The molecule has 25 heavy (non-hydrogen) atoms. The number of hydrogen-bond acceptors (Lipinski definition) is 5. The van der Waals surface area contributed by atoms with Crippen molar-refractivity contribution in [2.75, 3.05) is 59.9 Å². The second kappa shape index (κ2) is 11.1. The van der Waals surface area contributed by atoms with Gasteiger partial charge in [-0.25, -0.2) is 4.99 Å². The van der Waals surface area contributed by atoms with Crippen molar-refractivity contribution >= 4 is 17.6 Å². The molecule has 0 saturated heterocycles. The molecule has 0 fully saturated rings. The van der Waals surface area contributed by atoms with Crippen LogP contribution in [-0.4, -0.2) is 71.4 Å². The van der Waals surface area contributed by atoms with E-state index in [4.69, 9.17) is 14.2 Å². The first-order valence-corrected chi connectivity index (χ1v) is 8.07. The molecule has 0 aliphatic rings. The van der Waals surface area contributed by atoms with Gasteiger partial charge in [0.15, 0.2) is 17.5 Å². The summed E-state index contributed by atoms with van der Waals surface area (Å²) in [6.07, 6.45) is 0. The molecule has 0 radical (unpaired) electrons. The molecule has 1 rings (SSSR count). The summed E-state index contributed by atoms with van der Waals surface area (Å²) in [5, 5.41) is 6.27. The van der Waals surface area contributed by atoms with Crippen LogP contribution in [0.1, 0.15) is 6.92 Å². The van der Waals surface area contributed by atoms with Gasteiger partial charge in [-0.2, -0.15) is 0 Å². The van der Waals surface area contributed by atoms with Crippen molar-refractivity contribution in [1.29, 1.82) is 0 Å². The molecule has 0 unspecified atom stereocenters. The highest BCUT2D eigenvalue weighted by Gasteiger charge is 2.08. The minimum absolute atomic E-state index is 0.0454. The first-order chi connectivity index (χ1) is 12.0. The number of hydrogen-bond donors (Lipinski definition) is 2. The van der Waals surface area contributed by atoms with Gasteiger partial charge >= 0.3 is 0 Å². The van der Waals surface area contributed by atoms with Crippen LogP contribution in [0.15, 0.2) is 23.2 Å². The summed E-state index contributed by atoms with van der Waals surface area (Å²) < 4.78 is 15.9. The van der Waals surface area contributed by atoms with Gasteiger partial charge in [0.2, 0.25) is 5.91 Å². The van der Waals surface area contributed by atoms with E-state index in [1.54, 1.807) is 28.3 Å². The Labute approximate surface area is 149 Å². The predicted molar refractivity (Wildman–Crippen MR) is 98.7 cm³/mol. The molecule has 0 aliphatic heterocycles. The third-order valence-electron chi connectivity index (χ3n) is 3.20. The second-order valence-corrected chi connectivity index (χ2v) is 5.30. The maximum Gasteiger partial charge on any atom is 0.243 e. The molecule has 1 amide bonds. The van der Waals surface area contributed by atoms with Gasteiger partial charge in [-0.15, -0.1) is 0 Å². The molecule has 0 heterocycles. The van der Waals surface area contributed by atoms with E-state index in [9.17, 15) is 4.79 Å². The summed E-state index contributed by atoms with van der Waals surface area (Å²) in [5.74, 6) is 1.69. The molecule has 0 aromatic heterocycles. The summed E-state index contributed by atoms with van der Waals surface area (Å²) in [7, 11) is 6.61. The Balaban J connectivity index is 2.89. The van der Waals surface area contributed by atoms with Gasteiger partial charge in [-0.3, -0.25) is 4.79 Å². The Bertz CT molecular complexity index is 576. The number of methoxy groups -OCH3 is 2. The average Bonchev–Trinajstić information content (AvgIpc) is 2.59. The van der Waals surface area contributed by atoms with Crippen LogP contribution in [0.25, 0.3) is 0 Å². The molecule has 0 atom stereocenters. The standard InChI is InChI=1S/C17H28N4O4/c1-6-25-15-11-13(7-8-14(15)24-5)20-17(18-9-10-23-4)19-12-16(22)21(2)3/h7-8,11H,6,9-10,12H2,1-5H3,(H2,18,19,20). The van der Waals surface area contributed by atoms with Gasteiger partial charge in [0, 0.05) is 39.5 Å². The van der Waals surface area contributed by atoms with Gasteiger partial charge < -0.3 is 29.7 Å². The zero-order valence-corrected chi connectivity index (χ0v) is 15.6. The van der Waals surface area contributed by atoms with Gasteiger partial charge in [0.25, 0.3) is 0 Å². The summed E-state index contributed by atoms with van der Waals surface area (Å²) in [6.45, 7) is 3.57. The topological polar surface area (TPSA) is 84.4 Å². The van der Waals surface area contributed by atoms with E-state index < -0.39 is 0 Å². The van der Waals surface area contributed by atoms with Crippen molar-refractivity contribution < 1.29 is 19.0 Å². The molecule has 0 saturated carbocycles. The lowest BCUT2D eigenvalue weighted by molar-refractivity contribution is -0.127. The van der Waals surface area contributed by atoms with E-state index in [2.05, 4.69) is 15.6 Å². The monoisotopic (exact) mass is 352 g/mol.